The molecule has 0 radical (unpaired) electrons. The first-order chi connectivity index (χ1) is 17.6. The first-order valence-corrected chi connectivity index (χ1v) is 11.9. The molecule has 37 heavy (non-hydrogen) atoms. The van der Waals surface area contributed by atoms with Crippen LogP contribution in [0.3, 0.4) is 0 Å². The molecule has 0 bridgehead atoms. The molecule has 1 unspecified atom stereocenters. The van der Waals surface area contributed by atoms with Gasteiger partial charge >= 0.3 is 17.8 Å². The lowest BCUT2D eigenvalue weighted by Gasteiger charge is -2.33. The maximum absolute atomic E-state index is 14.2. The van der Waals surface area contributed by atoms with Gasteiger partial charge in [0.2, 0.25) is 0 Å². The van der Waals surface area contributed by atoms with Crippen molar-refractivity contribution in [1.29, 1.82) is 0 Å². The summed E-state index contributed by atoms with van der Waals surface area (Å²) in [5, 5.41) is 12.0. The van der Waals surface area contributed by atoms with Gasteiger partial charge in [-0.1, -0.05) is 99.6 Å². The van der Waals surface area contributed by atoms with Crippen LogP contribution < -0.4 is 10.2 Å². The molecule has 3 aromatic carbocycles. The second kappa shape index (κ2) is 10.4. The summed E-state index contributed by atoms with van der Waals surface area (Å²) < 4.78 is 6.06. The van der Waals surface area contributed by atoms with Crippen LogP contribution in [0, 0.1) is 5.41 Å². The zero-order valence-electron chi connectivity index (χ0n) is 21.0. The number of rotatable bonds is 7. The van der Waals surface area contributed by atoms with Crippen LogP contribution in [0.5, 0.6) is 0 Å². The van der Waals surface area contributed by atoms with Gasteiger partial charge in [0.25, 0.3) is 0 Å². The standard InChI is InChI=1S/C29H29N3O5/c1-28(2,3)24(33)18-32-23-17-11-10-16-22(23)25(21-14-8-5-9-15-21)30-29(26(32)34,31-27(35)36)37-19-20-12-6-4-7-13-20/h4-17,31H,18-19H2,1-3H3,(H,35,36). The molecule has 0 spiro atoms. The quantitative estimate of drug-likeness (QED) is 0.461. The molecule has 2 amide bonds. The van der Waals surface area contributed by atoms with Crippen molar-refractivity contribution >= 4 is 29.2 Å². The minimum Gasteiger partial charge on any atom is -0.465 e. The molecular formula is C29H29N3O5. The van der Waals surface area contributed by atoms with Crippen molar-refractivity contribution in [3.8, 4) is 0 Å². The summed E-state index contributed by atoms with van der Waals surface area (Å²) in [4.78, 5) is 45.4. The molecule has 190 valence electrons. The molecule has 8 nitrogen and oxygen atoms in total. The first-order valence-electron chi connectivity index (χ1n) is 11.9. The largest absolute Gasteiger partial charge is 0.465 e. The Bertz CT molecular complexity index is 1330. The molecule has 0 saturated heterocycles. The van der Waals surface area contributed by atoms with Gasteiger partial charge in [0.1, 0.15) is 0 Å². The van der Waals surface area contributed by atoms with E-state index >= 15 is 0 Å². The lowest BCUT2D eigenvalue weighted by molar-refractivity contribution is -0.149. The van der Waals surface area contributed by atoms with Gasteiger partial charge in [-0.25, -0.2) is 9.79 Å². The smallest absolute Gasteiger partial charge is 0.408 e. The van der Waals surface area contributed by atoms with Gasteiger partial charge in [-0.15, -0.1) is 0 Å². The van der Waals surface area contributed by atoms with Crippen LogP contribution in [-0.4, -0.2) is 41.0 Å². The highest BCUT2D eigenvalue weighted by atomic mass is 16.5. The van der Waals surface area contributed by atoms with Crippen molar-refractivity contribution in [2.24, 2.45) is 10.4 Å². The lowest BCUT2D eigenvalue weighted by atomic mass is 9.90. The number of nitrogens with one attached hydrogen (secondary N) is 1. The van der Waals surface area contributed by atoms with Gasteiger partial charge in [-0.2, -0.15) is 0 Å². The molecule has 2 N–H and O–H groups in total. The zero-order chi connectivity index (χ0) is 26.6. The molecule has 1 atom stereocenters. The Balaban J connectivity index is 1.94. The summed E-state index contributed by atoms with van der Waals surface area (Å²) in [6.45, 7) is 4.92. The topological polar surface area (TPSA) is 108 Å². The number of para-hydroxylation sites is 1. The van der Waals surface area contributed by atoms with Crippen molar-refractivity contribution in [2.75, 3.05) is 11.4 Å². The number of hydrogen-bond acceptors (Lipinski definition) is 5. The molecule has 0 aromatic heterocycles. The van der Waals surface area contributed by atoms with Crippen molar-refractivity contribution in [3.05, 3.63) is 102 Å². The van der Waals surface area contributed by atoms with Gasteiger partial charge in [-0.05, 0) is 11.6 Å². The average molecular weight is 500 g/mol. The van der Waals surface area contributed by atoms with Crippen LogP contribution in [0.4, 0.5) is 10.5 Å². The third-order valence-electron chi connectivity index (χ3n) is 6.01. The van der Waals surface area contributed by atoms with Crippen LogP contribution in [0.2, 0.25) is 0 Å². The van der Waals surface area contributed by atoms with Crippen LogP contribution in [-0.2, 0) is 20.9 Å². The Kier molecular flexibility index (Phi) is 7.22. The number of anilines is 1. The Morgan fingerprint density at radius 1 is 0.946 bits per heavy atom. The molecule has 1 heterocycles. The second-order valence-electron chi connectivity index (χ2n) is 9.76. The number of carbonyl (C=O) groups is 3. The molecule has 1 aliphatic rings. The Morgan fingerprint density at radius 2 is 1.54 bits per heavy atom. The Morgan fingerprint density at radius 3 is 2.16 bits per heavy atom. The maximum Gasteiger partial charge on any atom is 0.408 e. The van der Waals surface area contributed by atoms with E-state index in [1.807, 2.05) is 48.5 Å². The monoisotopic (exact) mass is 499 g/mol. The van der Waals surface area contributed by atoms with Crippen LogP contribution >= 0.6 is 0 Å². The summed E-state index contributed by atoms with van der Waals surface area (Å²) in [5.41, 5.74) is 2.01. The number of fused-ring (bicyclic) bond motifs is 1. The third-order valence-corrected chi connectivity index (χ3v) is 6.01. The van der Waals surface area contributed by atoms with Gasteiger partial charge in [0.05, 0.1) is 24.6 Å². The summed E-state index contributed by atoms with van der Waals surface area (Å²) in [5.74, 6) is -3.35. The predicted molar refractivity (Wildman–Crippen MR) is 140 cm³/mol. The van der Waals surface area contributed by atoms with Crippen LogP contribution in [0.1, 0.15) is 37.5 Å². The molecule has 8 heteroatoms. The van der Waals surface area contributed by atoms with E-state index in [0.717, 1.165) is 5.56 Å². The van der Waals surface area contributed by atoms with Crippen molar-refractivity contribution < 1.29 is 24.2 Å². The summed E-state index contributed by atoms with van der Waals surface area (Å²) in [6.07, 6.45) is -1.49. The van der Waals surface area contributed by atoms with E-state index in [-0.39, 0.29) is 18.9 Å². The minimum absolute atomic E-state index is 0.101. The van der Waals surface area contributed by atoms with Gasteiger partial charge in [-0.3, -0.25) is 19.8 Å². The highest BCUT2D eigenvalue weighted by Crippen LogP contribution is 2.33. The zero-order valence-corrected chi connectivity index (χ0v) is 21.0. The van der Waals surface area contributed by atoms with Crippen LogP contribution in [0.25, 0.3) is 0 Å². The number of Topliss-reactive ketones (excluding diaryl/α,β-unsaturated/α-hetero) is 1. The summed E-state index contributed by atoms with van der Waals surface area (Å²) in [6, 6.07) is 25.3. The van der Waals surface area contributed by atoms with E-state index in [1.165, 1.54) is 4.90 Å². The average Bonchev–Trinajstić information content (AvgIpc) is 2.97. The number of benzene rings is 3. The number of carboxylic acid groups (broad SMARTS) is 1. The van der Waals surface area contributed by atoms with E-state index in [9.17, 15) is 19.5 Å². The van der Waals surface area contributed by atoms with E-state index in [2.05, 4.69) is 10.3 Å². The minimum atomic E-state index is -2.34. The molecule has 4 rings (SSSR count). The molecule has 1 aliphatic heterocycles. The van der Waals surface area contributed by atoms with Crippen molar-refractivity contribution in [2.45, 2.75) is 33.2 Å². The lowest BCUT2D eigenvalue weighted by Crippen LogP contribution is -2.61. The second-order valence-corrected chi connectivity index (χ2v) is 9.76. The number of amides is 2. The van der Waals surface area contributed by atoms with E-state index in [4.69, 9.17) is 4.74 Å². The number of hydrogen-bond donors (Lipinski definition) is 2. The number of aliphatic imine (C=N–C) groups is 1. The Labute approximate surface area is 215 Å². The summed E-state index contributed by atoms with van der Waals surface area (Å²) in [7, 11) is 0. The number of carbonyl (C=O) groups excluding carboxylic acids is 2. The molecule has 0 saturated carbocycles. The molecule has 0 fully saturated rings. The Hall–Kier alpha value is -4.30. The number of nitrogens with zero attached hydrogens (tertiary/aromatic N) is 2. The summed E-state index contributed by atoms with van der Waals surface area (Å²) >= 11 is 0. The number of ketones is 1. The highest BCUT2D eigenvalue weighted by molar-refractivity contribution is 6.21. The normalized spacial score (nSPS) is 17.4. The number of ether oxygens (including phenoxy) is 1. The maximum atomic E-state index is 14.2. The van der Waals surface area contributed by atoms with Crippen LogP contribution in [0.15, 0.2) is 89.9 Å². The third kappa shape index (κ3) is 5.59. The fourth-order valence-electron chi connectivity index (χ4n) is 3.94. The predicted octanol–water partition coefficient (Wildman–Crippen LogP) is 4.62. The fourth-order valence-corrected chi connectivity index (χ4v) is 3.94. The molecule has 3 aromatic rings. The van der Waals surface area contributed by atoms with Crippen molar-refractivity contribution in [1.82, 2.24) is 5.32 Å². The highest BCUT2D eigenvalue weighted by Gasteiger charge is 2.49. The molecule has 0 aliphatic carbocycles. The SMILES string of the molecule is CC(C)(C)C(=O)CN1C(=O)C(NC(=O)O)(OCc2ccccc2)N=C(c2ccccc2)c2ccccc21. The van der Waals surface area contributed by atoms with Crippen molar-refractivity contribution in [3.63, 3.8) is 0 Å². The van der Waals surface area contributed by atoms with Gasteiger partial charge in [0, 0.05) is 16.5 Å². The van der Waals surface area contributed by atoms with Gasteiger partial charge in [0.15, 0.2) is 5.78 Å². The number of benzodiazepines with no additional fused rings is 1. The molecular weight excluding hydrogens is 470 g/mol. The van der Waals surface area contributed by atoms with Gasteiger partial charge < -0.3 is 9.84 Å². The van der Waals surface area contributed by atoms with E-state index < -0.39 is 23.3 Å². The van der Waals surface area contributed by atoms with E-state index in [0.29, 0.717) is 22.5 Å². The van der Waals surface area contributed by atoms with E-state index in [1.54, 1.807) is 57.2 Å². The fraction of sp³-hybridized carbons (Fsp3) is 0.241. The first kappa shape index (κ1) is 25.8.